The number of methoxy groups -OCH3 is 2. The molecule has 7 heteroatoms. The summed E-state index contributed by atoms with van der Waals surface area (Å²) in [5.74, 6) is 1.30. The zero-order valence-electron chi connectivity index (χ0n) is 15.3. The first kappa shape index (κ1) is 18.8. The Hall–Kier alpha value is -2.93. The van der Waals surface area contributed by atoms with Crippen LogP contribution in [0.3, 0.4) is 0 Å². The molecule has 0 radical (unpaired) electrons. The van der Waals surface area contributed by atoms with Gasteiger partial charge in [0.15, 0.2) is 16.7 Å². The number of hydrogen-bond acceptors (Lipinski definition) is 5. The van der Waals surface area contributed by atoms with Crippen LogP contribution in [0.4, 0.5) is 5.69 Å². The highest BCUT2D eigenvalue weighted by Crippen LogP contribution is 2.30. The van der Waals surface area contributed by atoms with Gasteiger partial charge < -0.3 is 19.4 Å². The molecule has 0 fully saturated rings. The Balaban J connectivity index is 1.70. The fourth-order valence-corrected chi connectivity index (χ4v) is 3.53. The highest BCUT2D eigenvalue weighted by molar-refractivity contribution is 7.99. The fourth-order valence-electron chi connectivity index (χ4n) is 2.71. The van der Waals surface area contributed by atoms with E-state index in [1.165, 1.54) is 11.8 Å². The molecule has 27 heavy (non-hydrogen) atoms. The summed E-state index contributed by atoms with van der Waals surface area (Å²) in [7, 11) is 3.13. The number of carbonyl (C=O) groups excluding carboxylic acids is 1. The summed E-state index contributed by atoms with van der Waals surface area (Å²) in [5.41, 5.74) is 2.58. The summed E-state index contributed by atoms with van der Waals surface area (Å²) in [5, 5.41) is 3.66. The van der Waals surface area contributed by atoms with Crippen molar-refractivity contribution in [1.82, 2.24) is 9.55 Å². The van der Waals surface area contributed by atoms with E-state index in [1.807, 2.05) is 30.3 Å². The number of hydrogen-bond donors (Lipinski definition) is 1. The minimum atomic E-state index is -0.121. The molecule has 1 heterocycles. The van der Waals surface area contributed by atoms with Gasteiger partial charge in [0.2, 0.25) is 5.91 Å². The number of anilines is 1. The lowest BCUT2D eigenvalue weighted by atomic mass is 10.2. The van der Waals surface area contributed by atoms with E-state index in [1.54, 1.807) is 32.4 Å². The van der Waals surface area contributed by atoms with E-state index < -0.39 is 0 Å². The number of ether oxygens (including phenoxy) is 2. The highest BCUT2D eigenvalue weighted by atomic mass is 32.2. The van der Waals surface area contributed by atoms with Crippen molar-refractivity contribution in [1.29, 1.82) is 0 Å². The van der Waals surface area contributed by atoms with Crippen LogP contribution in [-0.4, -0.2) is 35.4 Å². The van der Waals surface area contributed by atoms with Crippen LogP contribution in [0.5, 0.6) is 11.5 Å². The number of para-hydroxylation sites is 2. The summed E-state index contributed by atoms with van der Waals surface area (Å²) in [6.07, 6.45) is 1.82. The number of carbonyl (C=O) groups is 1. The molecule has 0 saturated heterocycles. The van der Waals surface area contributed by atoms with Gasteiger partial charge in [0, 0.05) is 18.3 Å². The van der Waals surface area contributed by atoms with Gasteiger partial charge in [-0.15, -0.1) is 6.58 Å². The minimum Gasteiger partial charge on any atom is -0.493 e. The lowest BCUT2D eigenvalue weighted by molar-refractivity contribution is -0.113. The topological polar surface area (TPSA) is 65.4 Å². The van der Waals surface area contributed by atoms with E-state index in [2.05, 4.69) is 21.4 Å². The van der Waals surface area contributed by atoms with Gasteiger partial charge >= 0.3 is 0 Å². The van der Waals surface area contributed by atoms with E-state index in [4.69, 9.17) is 9.47 Å². The Morgan fingerprint density at radius 2 is 2.00 bits per heavy atom. The number of benzene rings is 2. The molecule has 0 bridgehead atoms. The normalized spacial score (nSPS) is 10.6. The molecule has 1 aromatic heterocycles. The molecule has 140 valence electrons. The van der Waals surface area contributed by atoms with Crippen LogP contribution in [0.15, 0.2) is 60.3 Å². The Morgan fingerprint density at radius 1 is 1.22 bits per heavy atom. The molecule has 1 N–H and O–H groups in total. The molecule has 3 rings (SSSR count). The number of aromatic nitrogens is 2. The maximum absolute atomic E-state index is 12.4. The van der Waals surface area contributed by atoms with Gasteiger partial charge in [-0.3, -0.25) is 4.79 Å². The first-order valence-electron chi connectivity index (χ1n) is 8.37. The zero-order valence-corrected chi connectivity index (χ0v) is 16.1. The second-order valence-corrected chi connectivity index (χ2v) is 6.63. The number of nitrogens with zero attached hydrogens (tertiary/aromatic N) is 2. The molecule has 0 aliphatic rings. The van der Waals surface area contributed by atoms with Crippen LogP contribution in [0.1, 0.15) is 0 Å². The molecule has 3 aromatic rings. The molecule has 1 amide bonds. The van der Waals surface area contributed by atoms with Crippen molar-refractivity contribution in [3.63, 3.8) is 0 Å². The van der Waals surface area contributed by atoms with Crippen LogP contribution in [0.25, 0.3) is 11.0 Å². The lowest BCUT2D eigenvalue weighted by Gasteiger charge is -2.10. The summed E-state index contributed by atoms with van der Waals surface area (Å²) >= 11 is 1.39. The van der Waals surface area contributed by atoms with Crippen LogP contribution < -0.4 is 14.8 Å². The average Bonchev–Trinajstić information content (AvgIpc) is 3.04. The predicted molar refractivity (Wildman–Crippen MR) is 109 cm³/mol. The first-order valence-corrected chi connectivity index (χ1v) is 9.35. The SMILES string of the molecule is C=CCn1c(SCC(=O)Nc2ccc(OC)c(OC)c2)nc2ccccc21. The molecular weight excluding hydrogens is 362 g/mol. The summed E-state index contributed by atoms with van der Waals surface area (Å²) in [4.78, 5) is 17.0. The Kier molecular flexibility index (Phi) is 6.03. The number of amides is 1. The van der Waals surface area contributed by atoms with E-state index >= 15 is 0 Å². The third-order valence-electron chi connectivity index (χ3n) is 3.93. The van der Waals surface area contributed by atoms with Crippen molar-refractivity contribution in [2.45, 2.75) is 11.7 Å². The third kappa shape index (κ3) is 4.25. The second-order valence-electron chi connectivity index (χ2n) is 5.69. The maximum Gasteiger partial charge on any atom is 0.234 e. The second kappa shape index (κ2) is 8.64. The molecule has 0 spiro atoms. The van der Waals surface area contributed by atoms with Crippen molar-refractivity contribution in [3.05, 3.63) is 55.1 Å². The average molecular weight is 383 g/mol. The van der Waals surface area contributed by atoms with Crippen molar-refractivity contribution in [2.24, 2.45) is 0 Å². The van der Waals surface area contributed by atoms with Gasteiger partial charge in [0.1, 0.15) is 0 Å². The molecule has 0 aliphatic carbocycles. The highest BCUT2D eigenvalue weighted by Gasteiger charge is 2.13. The lowest BCUT2D eigenvalue weighted by Crippen LogP contribution is -2.14. The number of rotatable bonds is 8. The fraction of sp³-hybridized carbons (Fsp3) is 0.200. The molecule has 6 nitrogen and oxygen atoms in total. The standard InChI is InChI=1S/C20H21N3O3S/c1-4-11-23-16-8-6-5-7-15(16)22-20(23)27-13-19(24)21-14-9-10-17(25-2)18(12-14)26-3/h4-10,12H,1,11,13H2,2-3H3,(H,21,24). The number of allylic oxidation sites excluding steroid dienone is 1. The van der Waals surface area contributed by atoms with Crippen molar-refractivity contribution in [3.8, 4) is 11.5 Å². The summed E-state index contributed by atoms with van der Waals surface area (Å²) in [6.45, 7) is 4.44. The van der Waals surface area contributed by atoms with Gasteiger partial charge in [0.05, 0.1) is 31.0 Å². The minimum absolute atomic E-state index is 0.121. The molecule has 0 aliphatic heterocycles. The number of fused-ring (bicyclic) bond motifs is 1. The zero-order chi connectivity index (χ0) is 19.2. The van der Waals surface area contributed by atoms with Gasteiger partial charge in [-0.2, -0.15) is 0 Å². The third-order valence-corrected chi connectivity index (χ3v) is 4.91. The van der Waals surface area contributed by atoms with Crippen LogP contribution in [-0.2, 0) is 11.3 Å². The summed E-state index contributed by atoms with van der Waals surface area (Å²) < 4.78 is 12.5. The predicted octanol–water partition coefficient (Wildman–Crippen LogP) is 3.97. The molecule has 0 atom stereocenters. The van der Waals surface area contributed by atoms with E-state index in [0.717, 1.165) is 16.2 Å². The Labute approximate surface area is 162 Å². The number of nitrogens with one attached hydrogen (secondary N) is 1. The smallest absolute Gasteiger partial charge is 0.234 e. The number of imidazole rings is 1. The molecule has 0 saturated carbocycles. The van der Waals surface area contributed by atoms with Crippen LogP contribution >= 0.6 is 11.8 Å². The maximum atomic E-state index is 12.4. The van der Waals surface area contributed by atoms with Gasteiger partial charge in [0.25, 0.3) is 0 Å². The molecule has 2 aromatic carbocycles. The van der Waals surface area contributed by atoms with Crippen molar-refractivity contribution < 1.29 is 14.3 Å². The van der Waals surface area contributed by atoms with Gasteiger partial charge in [-0.25, -0.2) is 4.98 Å². The quantitative estimate of drug-likeness (QED) is 0.471. The van der Waals surface area contributed by atoms with E-state index in [-0.39, 0.29) is 11.7 Å². The van der Waals surface area contributed by atoms with Gasteiger partial charge in [-0.1, -0.05) is 30.0 Å². The monoisotopic (exact) mass is 383 g/mol. The van der Waals surface area contributed by atoms with Crippen molar-refractivity contribution in [2.75, 3.05) is 25.3 Å². The molecule has 0 unspecified atom stereocenters. The van der Waals surface area contributed by atoms with Crippen LogP contribution in [0.2, 0.25) is 0 Å². The largest absolute Gasteiger partial charge is 0.493 e. The van der Waals surface area contributed by atoms with Crippen molar-refractivity contribution >= 4 is 34.4 Å². The van der Waals surface area contributed by atoms with E-state index in [0.29, 0.717) is 23.7 Å². The number of thioether (sulfide) groups is 1. The Morgan fingerprint density at radius 3 is 2.74 bits per heavy atom. The van der Waals surface area contributed by atoms with E-state index in [9.17, 15) is 4.79 Å². The van der Waals surface area contributed by atoms with Gasteiger partial charge in [-0.05, 0) is 24.3 Å². The summed E-state index contributed by atoms with van der Waals surface area (Å²) in [6, 6.07) is 13.2. The Bertz CT molecular complexity index is 968. The first-order chi connectivity index (χ1) is 13.2. The molecular formula is C20H21N3O3S. The van der Waals surface area contributed by atoms with Crippen LogP contribution in [0, 0.1) is 0 Å².